The first-order chi connectivity index (χ1) is 15.1. The van der Waals surface area contributed by atoms with E-state index in [-0.39, 0.29) is 0 Å². The van der Waals surface area contributed by atoms with Crippen LogP contribution >= 0.6 is 0 Å². The van der Waals surface area contributed by atoms with Gasteiger partial charge in [0, 0.05) is 23.5 Å². The van der Waals surface area contributed by atoms with E-state index in [1.54, 1.807) is 6.20 Å². The Bertz CT molecular complexity index is 1290. The molecule has 1 fully saturated rings. The second-order valence-electron chi connectivity index (χ2n) is 7.89. The molecule has 0 saturated carbocycles. The van der Waals surface area contributed by atoms with Gasteiger partial charge >= 0.3 is 5.91 Å². The number of hydrogen-bond donors (Lipinski definition) is 1. The number of benzene rings is 2. The molecule has 0 spiro atoms. The topological polar surface area (TPSA) is 71.0 Å². The molecule has 0 bridgehead atoms. The van der Waals surface area contributed by atoms with Crippen molar-refractivity contribution in [3.8, 4) is 5.69 Å². The highest BCUT2D eigenvalue weighted by molar-refractivity contribution is 5.78. The molecular formula is C24H21N5O2. The normalized spacial score (nSPS) is 16.1. The van der Waals surface area contributed by atoms with Crippen molar-refractivity contribution in [1.29, 1.82) is 0 Å². The van der Waals surface area contributed by atoms with Crippen LogP contribution in [0.3, 0.4) is 0 Å². The summed E-state index contributed by atoms with van der Waals surface area (Å²) in [6.07, 6.45) is 3.75. The summed E-state index contributed by atoms with van der Waals surface area (Å²) in [6, 6.07) is 20.3. The van der Waals surface area contributed by atoms with E-state index in [0.717, 1.165) is 45.3 Å². The molecule has 31 heavy (non-hydrogen) atoms. The number of nitrogens with zero attached hydrogens (tertiary/aromatic N) is 4. The molecule has 0 radical (unpaired) electrons. The highest BCUT2D eigenvalue weighted by atomic mass is 17.4. The lowest BCUT2D eigenvalue weighted by atomic mass is 10.0. The van der Waals surface area contributed by atoms with Crippen LogP contribution in [0.1, 0.15) is 22.4 Å². The van der Waals surface area contributed by atoms with Gasteiger partial charge < -0.3 is 10.2 Å². The number of nitrogens with one attached hydrogen (secondary N) is 1. The zero-order valence-corrected chi connectivity index (χ0v) is 17.2. The van der Waals surface area contributed by atoms with Crippen LogP contribution < -0.4 is 10.2 Å². The minimum absolute atomic E-state index is 0.581. The van der Waals surface area contributed by atoms with Gasteiger partial charge in [-0.25, -0.2) is 9.67 Å². The first kappa shape index (κ1) is 18.1. The Balaban J connectivity index is 1.50. The maximum Gasteiger partial charge on any atom is 0.338 e. The molecule has 0 unspecified atom stereocenters. The summed E-state index contributed by atoms with van der Waals surface area (Å²) < 4.78 is 1.87. The summed E-state index contributed by atoms with van der Waals surface area (Å²) >= 11 is 0. The van der Waals surface area contributed by atoms with Gasteiger partial charge in [-0.2, -0.15) is 14.9 Å². The second kappa shape index (κ2) is 6.66. The molecule has 0 amide bonds. The summed E-state index contributed by atoms with van der Waals surface area (Å²) in [4.78, 5) is 18.2. The van der Waals surface area contributed by atoms with Crippen LogP contribution in [0, 0.1) is 13.8 Å². The molecule has 4 heterocycles. The zero-order chi connectivity index (χ0) is 21.0. The minimum atomic E-state index is -1.02. The molecule has 4 aromatic rings. The van der Waals surface area contributed by atoms with E-state index in [2.05, 4.69) is 57.6 Å². The van der Waals surface area contributed by atoms with E-state index < -0.39 is 5.91 Å². The smallest absolute Gasteiger partial charge is 0.338 e. The average Bonchev–Trinajstić information content (AvgIpc) is 3.50. The number of aromatic nitrogens is 3. The number of fused-ring (bicyclic) bond motifs is 2. The lowest BCUT2D eigenvalue weighted by molar-refractivity contribution is 0.0850. The van der Waals surface area contributed by atoms with Gasteiger partial charge in [0.05, 0.1) is 29.3 Å². The summed E-state index contributed by atoms with van der Waals surface area (Å²) in [7, 11) is 0. The average molecular weight is 411 g/mol. The van der Waals surface area contributed by atoms with Crippen LogP contribution in [-0.4, -0.2) is 14.8 Å². The summed E-state index contributed by atoms with van der Waals surface area (Å²) in [6.45, 7) is 4.63. The Morgan fingerprint density at radius 2 is 1.87 bits per heavy atom. The Morgan fingerprint density at radius 1 is 1.00 bits per heavy atom. The van der Waals surface area contributed by atoms with E-state index in [4.69, 9.17) is 9.78 Å². The molecule has 7 nitrogen and oxygen atoms in total. The zero-order valence-electron chi connectivity index (χ0n) is 17.2. The van der Waals surface area contributed by atoms with E-state index in [9.17, 15) is 0 Å². The second-order valence-corrected chi connectivity index (χ2v) is 7.89. The van der Waals surface area contributed by atoms with Crippen molar-refractivity contribution in [2.75, 3.05) is 10.2 Å². The first-order valence-electron chi connectivity index (χ1n) is 10.2. The fourth-order valence-corrected chi connectivity index (χ4v) is 4.16. The lowest BCUT2D eigenvalue weighted by Gasteiger charge is -2.29. The fraction of sp³-hybridized carbons (Fsp3) is 0.167. The third-order valence-corrected chi connectivity index (χ3v) is 5.81. The van der Waals surface area contributed by atoms with E-state index in [0.29, 0.717) is 6.54 Å². The number of aryl methyl sites for hydroxylation is 2. The van der Waals surface area contributed by atoms with E-state index in [1.807, 2.05) is 48.1 Å². The quantitative estimate of drug-likeness (QED) is 0.389. The third kappa shape index (κ3) is 2.90. The van der Waals surface area contributed by atoms with E-state index >= 15 is 0 Å². The predicted molar refractivity (Wildman–Crippen MR) is 117 cm³/mol. The monoisotopic (exact) mass is 411 g/mol. The van der Waals surface area contributed by atoms with Crippen molar-refractivity contribution in [3.05, 3.63) is 95.4 Å². The summed E-state index contributed by atoms with van der Waals surface area (Å²) in [5.74, 6) is -0.178. The van der Waals surface area contributed by atoms with Crippen molar-refractivity contribution >= 4 is 17.2 Å². The Kier molecular flexibility index (Phi) is 3.89. The van der Waals surface area contributed by atoms with Crippen molar-refractivity contribution in [3.63, 3.8) is 0 Å². The van der Waals surface area contributed by atoms with Crippen LogP contribution in [0.4, 0.5) is 17.2 Å². The largest absolute Gasteiger partial charge is 0.338 e. The molecule has 2 aliphatic heterocycles. The molecule has 1 saturated heterocycles. The van der Waals surface area contributed by atoms with Gasteiger partial charge in [0.1, 0.15) is 5.82 Å². The predicted octanol–water partition coefficient (Wildman–Crippen LogP) is 4.72. The van der Waals surface area contributed by atoms with Gasteiger partial charge in [-0.1, -0.05) is 24.3 Å². The molecule has 2 aliphatic rings. The van der Waals surface area contributed by atoms with E-state index in [1.165, 1.54) is 0 Å². The number of para-hydroxylation sites is 2. The maximum atomic E-state index is 5.77. The highest BCUT2D eigenvalue weighted by Gasteiger charge is 2.58. The first-order valence-corrected chi connectivity index (χ1v) is 10.2. The lowest BCUT2D eigenvalue weighted by Crippen LogP contribution is -2.36. The molecule has 2 aromatic carbocycles. The number of hydrogen-bond acceptors (Lipinski definition) is 6. The minimum Gasteiger partial charge on any atom is -0.338 e. The number of pyridine rings is 1. The molecule has 0 atom stereocenters. The highest BCUT2D eigenvalue weighted by Crippen LogP contribution is 2.51. The van der Waals surface area contributed by atoms with Crippen LogP contribution in [0.25, 0.3) is 5.69 Å². The summed E-state index contributed by atoms with van der Waals surface area (Å²) in [5.41, 5.74) is 6.94. The number of rotatable bonds is 3. The molecule has 1 N–H and O–H groups in total. The van der Waals surface area contributed by atoms with Crippen molar-refractivity contribution in [1.82, 2.24) is 14.8 Å². The number of anilines is 3. The molecule has 6 rings (SSSR count). The fourth-order valence-electron chi connectivity index (χ4n) is 4.16. The van der Waals surface area contributed by atoms with Gasteiger partial charge in [-0.15, -0.1) is 0 Å². The molecular weight excluding hydrogens is 390 g/mol. The van der Waals surface area contributed by atoms with Crippen molar-refractivity contribution in [2.24, 2.45) is 0 Å². The van der Waals surface area contributed by atoms with Crippen LogP contribution in [0.2, 0.25) is 0 Å². The van der Waals surface area contributed by atoms with Crippen LogP contribution in [-0.2, 0) is 22.2 Å². The van der Waals surface area contributed by atoms with Crippen molar-refractivity contribution in [2.45, 2.75) is 26.3 Å². The van der Waals surface area contributed by atoms with Crippen LogP contribution in [0.15, 0.2) is 73.1 Å². The Morgan fingerprint density at radius 3 is 2.68 bits per heavy atom. The van der Waals surface area contributed by atoms with Gasteiger partial charge in [0.25, 0.3) is 0 Å². The van der Waals surface area contributed by atoms with Crippen LogP contribution in [0.5, 0.6) is 0 Å². The van der Waals surface area contributed by atoms with Gasteiger partial charge in [-0.3, -0.25) is 0 Å². The summed E-state index contributed by atoms with van der Waals surface area (Å²) in [5, 5.41) is 8.01. The Labute approximate surface area is 179 Å². The molecule has 2 aromatic heterocycles. The molecule has 154 valence electrons. The SMILES string of the molecule is Cc1ccn(-c2ccc(C)c(C3(N4Cc5cccnc5Nc5ccccc54)OO3)c2)n1. The standard InChI is InChI=1S/C24H21N5O2/c1-16-9-10-19(29-13-11-17(2)27-29)14-20(16)24(30-31-24)28-15-18-6-5-12-25-23(18)26-21-7-3-4-8-22(21)28/h3-14H,15H2,1-2H3,(H,25,26). The molecule has 0 aliphatic carbocycles. The third-order valence-electron chi connectivity index (χ3n) is 5.81. The van der Waals surface area contributed by atoms with Gasteiger partial charge in [-0.05, 0) is 55.8 Å². The van der Waals surface area contributed by atoms with Gasteiger partial charge in [0.15, 0.2) is 0 Å². The maximum absolute atomic E-state index is 5.77. The molecule has 7 heteroatoms. The Hall–Kier alpha value is -3.68. The van der Waals surface area contributed by atoms with Gasteiger partial charge in [0.2, 0.25) is 0 Å². The van der Waals surface area contributed by atoms with Crippen molar-refractivity contribution < 1.29 is 9.78 Å².